The normalized spacial score (nSPS) is 16.1. The second-order valence-corrected chi connectivity index (χ2v) is 9.53. The highest BCUT2D eigenvalue weighted by molar-refractivity contribution is 6.30. The Kier molecular flexibility index (Phi) is 5.91. The number of aliphatic hydroxyl groups excluding tert-OH is 1. The second kappa shape index (κ2) is 9.24. The topological polar surface area (TPSA) is 109 Å². The van der Waals surface area contributed by atoms with Gasteiger partial charge in [-0.3, -0.25) is 14.0 Å². The van der Waals surface area contributed by atoms with E-state index < -0.39 is 0 Å². The first-order valence-corrected chi connectivity index (χ1v) is 12.4. The van der Waals surface area contributed by atoms with Gasteiger partial charge in [0, 0.05) is 42.5 Å². The zero-order chi connectivity index (χ0) is 24.8. The number of benzene rings is 2. The van der Waals surface area contributed by atoms with E-state index in [2.05, 4.69) is 9.97 Å². The van der Waals surface area contributed by atoms with Gasteiger partial charge in [-0.1, -0.05) is 11.6 Å². The Labute approximate surface area is 211 Å². The molecule has 186 valence electrons. The van der Waals surface area contributed by atoms with Crippen LogP contribution in [0.2, 0.25) is 5.02 Å². The van der Waals surface area contributed by atoms with E-state index in [4.69, 9.17) is 21.1 Å². The van der Waals surface area contributed by atoms with Crippen LogP contribution in [0.4, 0.5) is 5.69 Å². The number of halogens is 1. The maximum Gasteiger partial charge on any atom is 0.274 e. The van der Waals surface area contributed by atoms with Crippen molar-refractivity contribution in [3.63, 3.8) is 0 Å². The summed E-state index contributed by atoms with van der Waals surface area (Å²) < 4.78 is 13.2. The monoisotopic (exact) mass is 508 g/mol. The van der Waals surface area contributed by atoms with Crippen LogP contribution < -0.4 is 15.2 Å². The molecule has 10 heteroatoms. The second-order valence-electron chi connectivity index (χ2n) is 9.10. The number of rotatable bonds is 5. The van der Waals surface area contributed by atoms with Crippen molar-refractivity contribution in [2.45, 2.75) is 25.2 Å². The number of aromatic nitrogens is 3. The minimum atomic E-state index is -0.281. The Morgan fingerprint density at radius 1 is 1.22 bits per heavy atom. The van der Waals surface area contributed by atoms with Crippen LogP contribution in [0.25, 0.3) is 16.6 Å². The van der Waals surface area contributed by atoms with Gasteiger partial charge >= 0.3 is 0 Å². The van der Waals surface area contributed by atoms with Gasteiger partial charge in [-0.05, 0) is 49.1 Å². The first kappa shape index (κ1) is 23.0. The summed E-state index contributed by atoms with van der Waals surface area (Å²) in [5, 5.41) is 10.0. The molecule has 6 rings (SSSR count). The summed E-state index contributed by atoms with van der Waals surface area (Å²) >= 11 is 6.14. The Morgan fingerprint density at radius 3 is 2.86 bits per heavy atom. The van der Waals surface area contributed by atoms with Gasteiger partial charge in [0.25, 0.3) is 11.5 Å². The van der Waals surface area contributed by atoms with Crippen molar-refractivity contribution in [3.8, 4) is 5.75 Å². The number of hydrogen-bond donors (Lipinski definition) is 2. The summed E-state index contributed by atoms with van der Waals surface area (Å²) in [5.41, 5.74) is 3.46. The molecule has 2 aliphatic rings. The van der Waals surface area contributed by atoms with Gasteiger partial charge in [-0.15, -0.1) is 0 Å². The number of anilines is 1. The SMILES string of the molecule is O=C(c1cc2[nH]c(=O)c3cnc(C4CCOCC4)n3c2cc1OCCO)N1CCc2cc(Cl)ccc21. The molecule has 0 radical (unpaired) electrons. The van der Waals surface area contributed by atoms with Crippen molar-refractivity contribution < 1.29 is 19.4 Å². The summed E-state index contributed by atoms with van der Waals surface area (Å²) in [6, 6.07) is 8.89. The molecule has 2 aromatic heterocycles. The third kappa shape index (κ3) is 3.84. The van der Waals surface area contributed by atoms with Gasteiger partial charge in [0.05, 0.1) is 29.4 Å². The number of aromatic amines is 1. The van der Waals surface area contributed by atoms with Crippen molar-refractivity contribution in [2.75, 3.05) is 37.9 Å². The van der Waals surface area contributed by atoms with E-state index in [0.29, 0.717) is 59.1 Å². The van der Waals surface area contributed by atoms with Crippen LogP contribution in [0.5, 0.6) is 5.75 Å². The van der Waals surface area contributed by atoms with E-state index in [1.807, 2.05) is 16.5 Å². The lowest BCUT2D eigenvalue weighted by Crippen LogP contribution is -2.29. The Morgan fingerprint density at radius 2 is 2.06 bits per heavy atom. The van der Waals surface area contributed by atoms with Crippen LogP contribution in [0.3, 0.4) is 0 Å². The van der Waals surface area contributed by atoms with Crippen LogP contribution in [-0.4, -0.2) is 58.4 Å². The molecule has 2 aromatic carbocycles. The number of nitrogens with one attached hydrogen (secondary N) is 1. The number of amides is 1. The third-order valence-corrected chi connectivity index (χ3v) is 7.19. The lowest BCUT2D eigenvalue weighted by molar-refractivity contribution is 0.0835. The number of carbonyl (C=O) groups excluding carboxylic acids is 1. The van der Waals surface area contributed by atoms with Crippen LogP contribution in [0.1, 0.15) is 40.5 Å². The largest absolute Gasteiger partial charge is 0.490 e. The minimum absolute atomic E-state index is 0.0290. The van der Waals surface area contributed by atoms with Crippen LogP contribution in [0, 0.1) is 0 Å². The molecule has 0 unspecified atom stereocenters. The Balaban J connectivity index is 1.51. The number of imidazole rings is 1. The summed E-state index contributed by atoms with van der Waals surface area (Å²) in [6.07, 6.45) is 3.91. The molecule has 0 atom stereocenters. The Hall–Kier alpha value is -3.40. The lowest BCUT2D eigenvalue weighted by atomic mass is 9.99. The van der Waals surface area contributed by atoms with Crippen LogP contribution in [-0.2, 0) is 11.2 Å². The summed E-state index contributed by atoms with van der Waals surface area (Å²) in [4.78, 5) is 35.9. The van der Waals surface area contributed by atoms with Crippen molar-refractivity contribution in [1.29, 1.82) is 0 Å². The smallest absolute Gasteiger partial charge is 0.274 e. The molecule has 0 spiro atoms. The molecule has 36 heavy (non-hydrogen) atoms. The highest BCUT2D eigenvalue weighted by Crippen LogP contribution is 2.35. The molecule has 1 fully saturated rings. The van der Waals surface area contributed by atoms with Gasteiger partial charge in [-0.2, -0.15) is 0 Å². The van der Waals surface area contributed by atoms with E-state index in [9.17, 15) is 14.7 Å². The number of H-pyrrole nitrogens is 1. The maximum absolute atomic E-state index is 13.8. The van der Waals surface area contributed by atoms with E-state index in [-0.39, 0.29) is 30.6 Å². The highest BCUT2D eigenvalue weighted by atomic mass is 35.5. The molecule has 0 aliphatic carbocycles. The van der Waals surface area contributed by atoms with E-state index in [0.717, 1.165) is 29.9 Å². The van der Waals surface area contributed by atoms with E-state index in [1.54, 1.807) is 29.3 Å². The summed E-state index contributed by atoms with van der Waals surface area (Å²) in [6.45, 7) is 1.63. The van der Waals surface area contributed by atoms with Crippen molar-refractivity contribution in [3.05, 3.63) is 68.9 Å². The third-order valence-electron chi connectivity index (χ3n) is 6.96. The van der Waals surface area contributed by atoms with Gasteiger partial charge in [-0.25, -0.2) is 4.98 Å². The van der Waals surface area contributed by atoms with Gasteiger partial charge in [0.15, 0.2) is 0 Å². The predicted molar refractivity (Wildman–Crippen MR) is 136 cm³/mol. The molecule has 1 saturated heterocycles. The summed E-state index contributed by atoms with van der Waals surface area (Å²) in [5.74, 6) is 1.04. The Bertz CT molecular complexity index is 1540. The zero-order valence-electron chi connectivity index (χ0n) is 19.5. The molecule has 9 nitrogen and oxygen atoms in total. The minimum Gasteiger partial charge on any atom is -0.490 e. The number of fused-ring (bicyclic) bond motifs is 4. The number of carbonyl (C=O) groups is 1. The number of nitrogens with zero attached hydrogens (tertiary/aromatic N) is 3. The fourth-order valence-corrected chi connectivity index (χ4v) is 5.43. The van der Waals surface area contributed by atoms with Crippen LogP contribution in [0.15, 0.2) is 41.3 Å². The average Bonchev–Trinajstić information content (AvgIpc) is 3.52. The van der Waals surface area contributed by atoms with Gasteiger partial charge in [0.1, 0.15) is 23.7 Å². The molecular formula is C26H25ClN4O5. The maximum atomic E-state index is 13.8. The number of aliphatic hydroxyl groups is 1. The first-order chi connectivity index (χ1) is 17.5. The standard InChI is InChI=1S/C26H25ClN4O5/c27-17-1-2-20-16(11-17)3-6-30(20)26(34)18-12-19-21(13-23(18)36-10-7-32)31-22(25(33)29-19)14-28-24(31)15-4-8-35-9-5-15/h1-2,11-15,32H,3-10H2,(H,29,33). The number of hydrogen-bond acceptors (Lipinski definition) is 6. The lowest BCUT2D eigenvalue weighted by Gasteiger charge is -2.22. The fourth-order valence-electron chi connectivity index (χ4n) is 5.23. The molecular weight excluding hydrogens is 484 g/mol. The molecule has 4 aromatic rings. The molecule has 2 N–H and O–H groups in total. The highest BCUT2D eigenvalue weighted by Gasteiger charge is 2.29. The average molecular weight is 509 g/mol. The fraction of sp³-hybridized carbons (Fsp3) is 0.346. The predicted octanol–water partition coefficient (Wildman–Crippen LogP) is 3.30. The molecule has 2 aliphatic heterocycles. The van der Waals surface area contributed by atoms with Crippen molar-refractivity contribution >= 4 is 39.7 Å². The van der Waals surface area contributed by atoms with E-state index in [1.165, 1.54) is 0 Å². The molecule has 1 amide bonds. The zero-order valence-corrected chi connectivity index (χ0v) is 20.3. The quantitative estimate of drug-likeness (QED) is 0.428. The van der Waals surface area contributed by atoms with Crippen LogP contribution >= 0.6 is 11.6 Å². The molecule has 0 bridgehead atoms. The molecule has 0 saturated carbocycles. The summed E-state index contributed by atoms with van der Waals surface area (Å²) in [7, 11) is 0. The van der Waals surface area contributed by atoms with Gasteiger partial charge < -0.3 is 24.5 Å². The number of ether oxygens (including phenoxy) is 2. The van der Waals surface area contributed by atoms with Crippen molar-refractivity contribution in [1.82, 2.24) is 14.4 Å². The van der Waals surface area contributed by atoms with E-state index >= 15 is 0 Å². The molecule has 4 heterocycles. The van der Waals surface area contributed by atoms with Gasteiger partial charge in [0.2, 0.25) is 0 Å². The van der Waals surface area contributed by atoms with Crippen molar-refractivity contribution in [2.24, 2.45) is 0 Å². The first-order valence-electron chi connectivity index (χ1n) is 12.0.